The Balaban J connectivity index is 3.06. The smallest absolute Gasteiger partial charge is 0.360 e. The second kappa shape index (κ2) is 6.54. The number of hydrogen-bond acceptors (Lipinski definition) is 5. The maximum Gasteiger partial charge on any atom is 0.360 e. The first kappa shape index (κ1) is 13.9. The highest BCUT2D eigenvalue weighted by atomic mass is 79.9. The van der Waals surface area contributed by atoms with Crippen molar-refractivity contribution in [1.82, 2.24) is 9.97 Å². The molecule has 1 rings (SSSR count). The van der Waals surface area contributed by atoms with E-state index in [0.29, 0.717) is 17.0 Å². The molecule has 1 aromatic heterocycles. The van der Waals surface area contributed by atoms with Crippen LogP contribution in [-0.2, 0) is 4.74 Å². The number of hydrogen-bond donors (Lipinski definition) is 1. The minimum absolute atomic E-state index is 0.220. The van der Waals surface area contributed by atoms with Gasteiger partial charge < -0.3 is 10.1 Å². The number of aryl methyl sites for hydroxylation is 1. The highest BCUT2D eigenvalue weighted by Gasteiger charge is 2.17. The number of nitrogens with zero attached hydrogens (tertiary/aromatic N) is 2. The summed E-state index contributed by atoms with van der Waals surface area (Å²) >= 11 is 3.26. The van der Waals surface area contributed by atoms with Crippen LogP contribution in [0.4, 0.5) is 5.82 Å². The number of carbonyl (C=O) groups is 1. The molecule has 0 spiro atoms. The standard InChI is InChI=1S/C11H16BrN3O2/c1-4-6-13-10-8(11(16)17-5-2)15-9(12)7(3)14-10/h4-6H2,1-3H3,(H,13,14). The number of anilines is 1. The first-order valence-electron chi connectivity index (χ1n) is 5.55. The lowest BCUT2D eigenvalue weighted by Crippen LogP contribution is -2.15. The van der Waals surface area contributed by atoms with E-state index in [9.17, 15) is 4.79 Å². The Labute approximate surface area is 109 Å². The number of halogens is 1. The molecule has 0 amide bonds. The van der Waals surface area contributed by atoms with Gasteiger partial charge in [0.15, 0.2) is 11.5 Å². The Hall–Kier alpha value is -1.17. The third kappa shape index (κ3) is 3.66. The van der Waals surface area contributed by atoms with Gasteiger partial charge in [0, 0.05) is 6.54 Å². The van der Waals surface area contributed by atoms with Crippen molar-refractivity contribution in [3.05, 3.63) is 16.0 Å². The van der Waals surface area contributed by atoms with Crippen LogP contribution in [0.2, 0.25) is 0 Å². The van der Waals surface area contributed by atoms with Crippen LogP contribution < -0.4 is 5.32 Å². The summed E-state index contributed by atoms with van der Waals surface area (Å²) in [5.41, 5.74) is 0.953. The monoisotopic (exact) mass is 301 g/mol. The fourth-order valence-corrected chi connectivity index (χ4v) is 1.47. The molecule has 1 N–H and O–H groups in total. The molecule has 0 saturated carbocycles. The van der Waals surface area contributed by atoms with E-state index in [1.807, 2.05) is 13.8 Å². The summed E-state index contributed by atoms with van der Waals surface area (Å²) in [5, 5.41) is 3.08. The maximum absolute atomic E-state index is 11.7. The van der Waals surface area contributed by atoms with Crippen molar-refractivity contribution in [2.45, 2.75) is 27.2 Å². The first-order valence-corrected chi connectivity index (χ1v) is 6.34. The van der Waals surface area contributed by atoms with Gasteiger partial charge in [-0.1, -0.05) is 6.92 Å². The summed E-state index contributed by atoms with van der Waals surface area (Å²) in [7, 11) is 0. The van der Waals surface area contributed by atoms with Gasteiger partial charge in [0.25, 0.3) is 0 Å². The third-order valence-corrected chi connectivity index (χ3v) is 2.77. The highest BCUT2D eigenvalue weighted by Crippen LogP contribution is 2.18. The van der Waals surface area contributed by atoms with Gasteiger partial charge in [0.1, 0.15) is 4.60 Å². The molecule has 6 heteroatoms. The molecular formula is C11H16BrN3O2. The summed E-state index contributed by atoms with van der Waals surface area (Å²) in [6.07, 6.45) is 0.944. The molecule has 0 unspecified atom stereocenters. The number of ether oxygens (including phenoxy) is 1. The molecule has 5 nitrogen and oxygen atoms in total. The van der Waals surface area contributed by atoms with Crippen molar-refractivity contribution in [3.63, 3.8) is 0 Å². The van der Waals surface area contributed by atoms with Gasteiger partial charge in [0.2, 0.25) is 0 Å². The van der Waals surface area contributed by atoms with Crippen molar-refractivity contribution in [2.75, 3.05) is 18.5 Å². The van der Waals surface area contributed by atoms with E-state index in [1.165, 1.54) is 0 Å². The molecule has 94 valence electrons. The number of carbonyl (C=O) groups excluding carboxylic acids is 1. The van der Waals surface area contributed by atoms with E-state index >= 15 is 0 Å². The molecule has 17 heavy (non-hydrogen) atoms. The molecule has 0 atom stereocenters. The Bertz CT molecular complexity index is 410. The summed E-state index contributed by atoms with van der Waals surface area (Å²) in [4.78, 5) is 20.2. The first-order chi connectivity index (χ1) is 8.10. The van der Waals surface area contributed by atoms with Crippen molar-refractivity contribution in [3.8, 4) is 0 Å². The van der Waals surface area contributed by atoms with E-state index in [2.05, 4.69) is 31.2 Å². The summed E-state index contributed by atoms with van der Waals surface area (Å²) in [5.74, 6) is 0.0188. The fraction of sp³-hybridized carbons (Fsp3) is 0.545. The lowest BCUT2D eigenvalue weighted by atomic mass is 10.3. The molecule has 1 aromatic rings. The molecular weight excluding hydrogens is 286 g/mol. The van der Waals surface area contributed by atoms with Gasteiger partial charge >= 0.3 is 5.97 Å². The Kier molecular flexibility index (Phi) is 5.34. The van der Waals surface area contributed by atoms with Crippen molar-refractivity contribution >= 4 is 27.7 Å². The second-order valence-electron chi connectivity index (χ2n) is 3.44. The Morgan fingerprint density at radius 3 is 2.71 bits per heavy atom. The van der Waals surface area contributed by atoms with Crippen LogP contribution >= 0.6 is 15.9 Å². The van der Waals surface area contributed by atoms with E-state index < -0.39 is 5.97 Å². The third-order valence-electron chi connectivity index (χ3n) is 2.02. The average Bonchev–Trinajstić information content (AvgIpc) is 2.30. The van der Waals surface area contributed by atoms with Gasteiger partial charge in [-0.25, -0.2) is 14.8 Å². The SMILES string of the molecule is CCCNc1nc(C)c(Br)nc1C(=O)OCC. The molecule has 0 aliphatic rings. The molecule has 0 radical (unpaired) electrons. The Morgan fingerprint density at radius 2 is 2.12 bits per heavy atom. The van der Waals surface area contributed by atoms with Gasteiger partial charge in [-0.05, 0) is 36.2 Å². The summed E-state index contributed by atoms with van der Waals surface area (Å²) in [6.45, 7) is 6.68. The van der Waals surface area contributed by atoms with Crippen molar-refractivity contribution in [2.24, 2.45) is 0 Å². The zero-order chi connectivity index (χ0) is 12.8. The van der Waals surface area contributed by atoms with E-state index in [4.69, 9.17) is 4.74 Å². The number of aromatic nitrogens is 2. The average molecular weight is 302 g/mol. The fourth-order valence-electron chi connectivity index (χ4n) is 1.21. The van der Waals surface area contributed by atoms with Crippen LogP contribution in [0.25, 0.3) is 0 Å². The van der Waals surface area contributed by atoms with E-state index in [0.717, 1.165) is 18.7 Å². The zero-order valence-corrected chi connectivity index (χ0v) is 11.8. The van der Waals surface area contributed by atoms with Crippen LogP contribution in [0, 0.1) is 6.92 Å². The molecule has 0 aliphatic carbocycles. The second-order valence-corrected chi connectivity index (χ2v) is 4.20. The van der Waals surface area contributed by atoms with Crippen molar-refractivity contribution < 1.29 is 9.53 Å². The molecule has 0 fully saturated rings. The maximum atomic E-state index is 11.7. The highest BCUT2D eigenvalue weighted by molar-refractivity contribution is 9.10. The van der Waals surface area contributed by atoms with Gasteiger partial charge in [0.05, 0.1) is 12.3 Å². The van der Waals surface area contributed by atoms with Crippen LogP contribution in [0.15, 0.2) is 4.60 Å². The van der Waals surface area contributed by atoms with Crippen LogP contribution in [0.1, 0.15) is 36.5 Å². The topological polar surface area (TPSA) is 64.1 Å². The lowest BCUT2D eigenvalue weighted by Gasteiger charge is -2.10. The number of esters is 1. The minimum Gasteiger partial charge on any atom is -0.461 e. The normalized spacial score (nSPS) is 10.1. The number of nitrogens with one attached hydrogen (secondary N) is 1. The molecule has 0 aromatic carbocycles. The summed E-state index contributed by atoms with van der Waals surface area (Å²) < 4.78 is 5.50. The quantitative estimate of drug-likeness (QED) is 0.847. The molecule has 0 bridgehead atoms. The number of rotatable bonds is 5. The van der Waals surface area contributed by atoms with E-state index in [1.54, 1.807) is 6.92 Å². The minimum atomic E-state index is -0.459. The largest absolute Gasteiger partial charge is 0.461 e. The van der Waals surface area contributed by atoms with Crippen molar-refractivity contribution in [1.29, 1.82) is 0 Å². The Morgan fingerprint density at radius 1 is 1.41 bits per heavy atom. The summed E-state index contributed by atoms with van der Waals surface area (Å²) in [6, 6.07) is 0. The predicted molar refractivity (Wildman–Crippen MR) is 69.2 cm³/mol. The van der Waals surface area contributed by atoms with Gasteiger partial charge in [-0.15, -0.1) is 0 Å². The van der Waals surface area contributed by atoms with Crippen LogP contribution in [0.5, 0.6) is 0 Å². The molecule has 0 saturated heterocycles. The van der Waals surface area contributed by atoms with Gasteiger partial charge in [-0.2, -0.15) is 0 Å². The van der Waals surface area contributed by atoms with Crippen LogP contribution in [0.3, 0.4) is 0 Å². The van der Waals surface area contributed by atoms with Crippen LogP contribution in [-0.4, -0.2) is 29.1 Å². The van der Waals surface area contributed by atoms with Gasteiger partial charge in [-0.3, -0.25) is 0 Å². The molecule has 0 aliphatic heterocycles. The zero-order valence-electron chi connectivity index (χ0n) is 10.2. The van der Waals surface area contributed by atoms with E-state index in [-0.39, 0.29) is 5.69 Å². The predicted octanol–water partition coefficient (Wildman–Crippen LogP) is 2.55. The lowest BCUT2D eigenvalue weighted by molar-refractivity contribution is 0.0520. The molecule has 1 heterocycles.